The normalized spacial score (nSPS) is 17.1. The number of methoxy groups -OCH3 is 1. The van der Waals surface area contributed by atoms with Crippen LogP contribution in [0.1, 0.15) is 17.5 Å². The number of hydrogen-bond donors (Lipinski definition) is 2. The van der Waals surface area contributed by atoms with Crippen LogP contribution in [-0.2, 0) is 16.1 Å². The minimum absolute atomic E-state index is 0.000856. The van der Waals surface area contributed by atoms with Gasteiger partial charge < -0.3 is 25.0 Å². The predicted molar refractivity (Wildman–Crippen MR) is 102 cm³/mol. The van der Waals surface area contributed by atoms with Crippen LogP contribution in [0.3, 0.4) is 0 Å². The molecule has 0 aromatic heterocycles. The van der Waals surface area contributed by atoms with Gasteiger partial charge in [-0.2, -0.15) is 0 Å². The van der Waals surface area contributed by atoms with Crippen molar-refractivity contribution < 1.29 is 14.3 Å². The Labute approximate surface area is 155 Å². The predicted octanol–water partition coefficient (Wildman–Crippen LogP) is 1.16. The number of benzene rings is 1. The zero-order valence-corrected chi connectivity index (χ0v) is 16.2. The van der Waals surface area contributed by atoms with Gasteiger partial charge in [0.05, 0.1) is 26.8 Å². The summed E-state index contributed by atoms with van der Waals surface area (Å²) < 4.78 is 10.7. The second-order valence-corrected chi connectivity index (χ2v) is 6.78. The van der Waals surface area contributed by atoms with Crippen molar-refractivity contribution in [3.05, 3.63) is 29.3 Å². The number of aryl methyl sites for hydroxylation is 1. The molecule has 7 heteroatoms. The summed E-state index contributed by atoms with van der Waals surface area (Å²) in [7, 11) is 5.14. The standard InChI is InChI=1S/C19H30N4O3/c1-14-7-16(9-17(8-14)25-4)11-21-19(22-12-18(24)23(2)3)20-10-15-5-6-26-13-15/h7-9,15H,5-6,10-13H2,1-4H3,(H2,20,21,22). The molecule has 0 saturated carbocycles. The molecule has 0 spiro atoms. The zero-order chi connectivity index (χ0) is 18.9. The van der Waals surface area contributed by atoms with Crippen LogP contribution in [0.5, 0.6) is 5.75 Å². The molecule has 1 saturated heterocycles. The summed E-state index contributed by atoms with van der Waals surface area (Å²) in [4.78, 5) is 18.0. The van der Waals surface area contributed by atoms with Crippen molar-refractivity contribution in [3.63, 3.8) is 0 Å². The first kappa shape index (κ1) is 20.0. The maximum Gasteiger partial charge on any atom is 0.241 e. The molecule has 1 aliphatic rings. The lowest BCUT2D eigenvalue weighted by atomic mass is 10.1. The first-order valence-electron chi connectivity index (χ1n) is 8.92. The number of rotatable bonds is 7. The summed E-state index contributed by atoms with van der Waals surface area (Å²) in [5.41, 5.74) is 2.19. The van der Waals surface area contributed by atoms with E-state index in [1.807, 2.05) is 19.1 Å². The summed E-state index contributed by atoms with van der Waals surface area (Å²) in [5.74, 6) is 1.93. The first-order valence-corrected chi connectivity index (χ1v) is 8.92. The fraction of sp³-hybridized carbons (Fsp3) is 0.579. The van der Waals surface area contributed by atoms with Crippen LogP contribution >= 0.6 is 0 Å². The van der Waals surface area contributed by atoms with Gasteiger partial charge in [0.2, 0.25) is 5.91 Å². The molecule has 144 valence electrons. The van der Waals surface area contributed by atoms with E-state index in [-0.39, 0.29) is 12.5 Å². The van der Waals surface area contributed by atoms with E-state index in [1.54, 1.807) is 26.1 Å². The highest BCUT2D eigenvalue weighted by atomic mass is 16.5. The van der Waals surface area contributed by atoms with Crippen molar-refractivity contribution in [2.24, 2.45) is 10.9 Å². The van der Waals surface area contributed by atoms with Crippen molar-refractivity contribution in [3.8, 4) is 5.75 Å². The van der Waals surface area contributed by atoms with Crippen molar-refractivity contribution >= 4 is 11.9 Å². The van der Waals surface area contributed by atoms with Gasteiger partial charge in [-0.05, 0) is 36.6 Å². The highest BCUT2D eigenvalue weighted by Crippen LogP contribution is 2.17. The van der Waals surface area contributed by atoms with Gasteiger partial charge >= 0.3 is 0 Å². The largest absolute Gasteiger partial charge is 0.497 e. The van der Waals surface area contributed by atoms with Crippen LogP contribution in [0.4, 0.5) is 0 Å². The molecule has 7 nitrogen and oxygen atoms in total. The molecule has 0 radical (unpaired) electrons. The minimum atomic E-state index is 0.000856. The highest BCUT2D eigenvalue weighted by Gasteiger charge is 2.16. The third-order valence-corrected chi connectivity index (χ3v) is 4.25. The number of hydrogen-bond acceptors (Lipinski definition) is 4. The van der Waals surface area contributed by atoms with Gasteiger partial charge in [0.15, 0.2) is 5.96 Å². The van der Waals surface area contributed by atoms with Crippen molar-refractivity contribution in [1.82, 2.24) is 15.5 Å². The average Bonchev–Trinajstić information content (AvgIpc) is 3.13. The Kier molecular flexibility index (Phi) is 7.72. The lowest BCUT2D eigenvalue weighted by molar-refractivity contribution is -0.127. The number of nitrogens with one attached hydrogen (secondary N) is 2. The Hall–Kier alpha value is -2.28. The number of nitrogens with zero attached hydrogens (tertiary/aromatic N) is 2. The van der Waals surface area contributed by atoms with Gasteiger partial charge in [-0.3, -0.25) is 4.79 Å². The minimum Gasteiger partial charge on any atom is -0.497 e. The average molecular weight is 362 g/mol. The molecule has 26 heavy (non-hydrogen) atoms. The Morgan fingerprint density at radius 3 is 2.81 bits per heavy atom. The quantitative estimate of drug-likeness (QED) is 0.562. The molecule has 0 bridgehead atoms. The van der Waals surface area contributed by atoms with E-state index >= 15 is 0 Å². The van der Waals surface area contributed by atoms with Gasteiger partial charge in [-0.25, -0.2) is 4.99 Å². The van der Waals surface area contributed by atoms with Crippen LogP contribution in [0.25, 0.3) is 0 Å². The Morgan fingerprint density at radius 1 is 1.35 bits per heavy atom. The fourth-order valence-electron chi connectivity index (χ4n) is 2.68. The maximum atomic E-state index is 11.9. The summed E-state index contributed by atoms with van der Waals surface area (Å²) >= 11 is 0. The number of ether oxygens (including phenoxy) is 2. The van der Waals surface area contributed by atoms with Crippen LogP contribution in [0.15, 0.2) is 23.2 Å². The van der Waals surface area contributed by atoms with E-state index in [9.17, 15) is 4.79 Å². The number of guanidine groups is 1. The number of carbonyl (C=O) groups excluding carboxylic acids is 1. The van der Waals surface area contributed by atoms with Gasteiger partial charge in [0, 0.05) is 33.2 Å². The summed E-state index contributed by atoms with van der Waals surface area (Å²) in [6.45, 7) is 5.10. The zero-order valence-electron chi connectivity index (χ0n) is 16.2. The molecule has 2 N–H and O–H groups in total. The molecule has 1 fully saturated rings. The second kappa shape index (κ2) is 10.0. The van der Waals surface area contributed by atoms with E-state index in [2.05, 4.69) is 21.7 Å². The monoisotopic (exact) mass is 362 g/mol. The van der Waals surface area contributed by atoms with E-state index in [0.29, 0.717) is 18.4 Å². The lowest BCUT2D eigenvalue weighted by Crippen LogP contribution is -2.44. The first-order chi connectivity index (χ1) is 12.5. The van der Waals surface area contributed by atoms with Crippen LogP contribution in [-0.4, -0.2) is 64.3 Å². The molecule has 1 aliphatic heterocycles. The highest BCUT2D eigenvalue weighted by molar-refractivity contribution is 5.86. The molecule has 1 heterocycles. The Morgan fingerprint density at radius 2 is 2.15 bits per heavy atom. The topological polar surface area (TPSA) is 75.2 Å². The van der Waals surface area contributed by atoms with E-state index in [1.165, 1.54) is 0 Å². The van der Waals surface area contributed by atoms with Gasteiger partial charge in [-0.15, -0.1) is 0 Å². The van der Waals surface area contributed by atoms with E-state index in [4.69, 9.17) is 9.47 Å². The molecule has 1 aromatic carbocycles. The van der Waals surface area contributed by atoms with Gasteiger partial charge in [-0.1, -0.05) is 6.07 Å². The van der Waals surface area contributed by atoms with Crippen molar-refractivity contribution in [1.29, 1.82) is 0 Å². The molecule has 1 unspecified atom stereocenters. The molecule has 0 aliphatic carbocycles. The van der Waals surface area contributed by atoms with Gasteiger partial charge in [0.1, 0.15) is 5.75 Å². The molecular formula is C19H30N4O3. The van der Waals surface area contributed by atoms with Crippen LogP contribution in [0, 0.1) is 12.8 Å². The number of aliphatic imine (C=N–C) groups is 1. The van der Waals surface area contributed by atoms with Crippen molar-refractivity contribution in [2.75, 3.05) is 47.5 Å². The van der Waals surface area contributed by atoms with Crippen molar-refractivity contribution in [2.45, 2.75) is 19.9 Å². The number of likely N-dealkylation sites (N-methyl/N-ethyl adjacent to an activating group) is 1. The Bertz CT molecular complexity index is 625. The lowest BCUT2D eigenvalue weighted by Gasteiger charge is -2.16. The molecule has 2 rings (SSSR count). The summed E-state index contributed by atoms with van der Waals surface area (Å²) in [6.07, 6.45) is 1.05. The SMILES string of the molecule is COc1cc(C)cc(CN=C(NCC(=O)N(C)C)NCC2CCOC2)c1. The summed E-state index contributed by atoms with van der Waals surface area (Å²) in [6, 6.07) is 6.05. The Balaban J connectivity index is 2.01. The number of carbonyl (C=O) groups is 1. The van der Waals surface area contributed by atoms with Gasteiger partial charge in [0.25, 0.3) is 0 Å². The molecule has 1 aromatic rings. The van der Waals surface area contributed by atoms with Crippen LogP contribution < -0.4 is 15.4 Å². The van der Waals surface area contributed by atoms with E-state index < -0.39 is 0 Å². The maximum absolute atomic E-state index is 11.9. The van der Waals surface area contributed by atoms with Crippen LogP contribution in [0.2, 0.25) is 0 Å². The third-order valence-electron chi connectivity index (χ3n) is 4.25. The molecule has 1 amide bonds. The van der Waals surface area contributed by atoms with E-state index in [0.717, 1.165) is 43.1 Å². The number of amides is 1. The second-order valence-electron chi connectivity index (χ2n) is 6.78. The molecule has 1 atom stereocenters. The summed E-state index contributed by atoms with van der Waals surface area (Å²) in [5, 5.41) is 6.44. The molecular weight excluding hydrogens is 332 g/mol. The fourth-order valence-corrected chi connectivity index (χ4v) is 2.68. The third kappa shape index (κ3) is 6.55. The smallest absolute Gasteiger partial charge is 0.241 e.